The number of hydrogen-bond donors (Lipinski definition) is 0. The topological polar surface area (TPSA) is 63.7 Å². The molecule has 7 rings (SSSR count). The van der Waals surface area contributed by atoms with E-state index in [2.05, 4.69) is 0 Å². The largest absolute Gasteiger partial charge is 0.495 e. The van der Waals surface area contributed by atoms with Crippen LogP contribution in [0.2, 0.25) is 5.02 Å². The first-order valence-corrected chi connectivity index (χ1v) is 10.8. The van der Waals surface area contributed by atoms with Crippen LogP contribution in [0, 0.1) is 11.8 Å². The molecule has 5 nitrogen and oxygen atoms in total. The first kappa shape index (κ1) is 19.3. The molecule has 1 saturated heterocycles. The maximum Gasteiger partial charge on any atom is 0.239 e. The minimum Gasteiger partial charge on any atom is -0.495 e. The number of rotatable bonds is 3. The van der Waals surface area contributed by atoms with Gasteiger partial charge in [0.1, 0.15) is 12.0 Å². The number of amides is 2. The van der Waals surface area contributed by atoms with Gasteiger partial charge in [-0.25, -0.2) is 4.90 Å². The van der Waals surface area contributed by atoms with Crippen molar-refractivity contribution in [2.45, 2.75) is 11.3 Å². The maximum absolute atomic E-state index is 14.0. The second-order valence-electron chi connectivity index (χ2n) is 8.47. The standard InChI is InChI=1S/C26H18ClNO4/c1-32-20-11-10-14(27)12-19(20)28-24(30)22-21-15-6-2-4-8-17(15)26(13-29,23(22)25(28)31)18-9-5-3-7-16(18)21/h2-13,21-23H,1H3/t21?,22-,23-,26?/m0/s1. The minimum absolute atomic E-state index is 0.304. The Kier molecular flexibility index (Phi) is 3.93. The second kappa shape index (κ2) is 6.53. The summed E-state index contributed by atoms with van der Waals surface area (Å²) in [7, 11) is 1.48. The molecule has 3 aromatic carbocycles. The molecule has 4 aliphatic rings. The van der Waals surface area contributed by atoms with E-state index in [0.717, 1.165) is 28.5 Å². The number of nitrogens with zero attached hydrogens (tertiary/aromatic N) is 1. The summed E-state index contributed by atoms with van der Waals surface area (Å²) in [6.45, 7) is 0. The quantitative estimate of drug-likeness (QED) is 0.451. The highest BCUT2D eigenvalue weighted by atomic mass is 35.5. The fourth-order valence-electron chi connectivity index (χ4n) is 6.11. The molecule has 158 valence electrons. The van der Waals surface area contributed by atoms with E-state index >= 15 is 0 Å². The van der Waals surface area contributed by atoms with Gasteiger partial charge in [-0.3, -0.25) is 9.59 Å². The van der Waals surface area contributed by atoms with Gasteiger partial charge in [0.05, 0.1) is 30.0 Å². The lowest BCUT2D eigenvalue weighted by atomic mass is 9.48. The van der Waals surface area contributed by atoms with Crippen molar-refractivity contribution in [2.24, 2.45) is 11.8 Å². The smallest absolute Gasteiger partial charge is 0.239 e. The zero-order valence-corrected chi connectivity index (χ0v) is 17.9. The van der Waals surface area contributed by atoms with E-state index in [9.17, 15) is 14.4 Å². The van der Waals surface area contributed by atoms with Gasteiger partial charge in [-0.05, 0) is 40.5 Å². The van der Waals surface area contributed by atoms with Crippen molar-refractivity contribution in [1.29, 1.82) is 0 Å². The van der Waals surface area contributed by atoms with Gasteiger partial charge < -0.3 is 9.53 Å². The highest BCUT2D eigenvalue weighted by Crippen LogP contribution is 2.63. The molecule has 1 fully saturated rings. The number of hydrogen-bond acceptors (Lipinski definition) is 4. The molecule has 0 spiro atoms. The van der Waals surface area contributed by atoms with Crippen molar-refractivity contribution >= 4 is 35.4 Å². The Morgan fingerprint density at radius 3 is 2.16 bits per heavy atom. The lowest BCUT2D eigenvalue weighted by Crippen LogP contribution is -2.54. The van der Waals surface area contributed by atoms with Crippen LogP contribution in [0.5, 0.6) is 5.75 Å². The van der Waals surface area contributed by atoms with Gasteiger partial charge in [-0.15, -0.1) is 0 Å². The summed E-state index contributed by atoms with van der Waals surface area (Å²) in [5.74, 6) is -2.17. The van der Waals surface area contributed by atoms with Gasteiger partial charge in [-0.1, -0.05) is 60.1 Å². The number of methoxy groups -OCH3 is 1. The van der Waals surface area contributed by atoms with E-state index in [1.807, 2.05) is 48.5 Å². The minimum atomic E-state index is -1.22. The van der Waals surface area contributed by atoms with Crippen LogP contribution in [0.3, 0.4) is 0 Å². The molecule has 1 aliphatic heterocycles. The molecule has 0 N–H and O–H groups in total. The summed E-state index contributed by atoms with van der Waals surface area (Å²) in [4.78, 5) is 42.0. The summed E-state index contributed by atoms with van der Waals surface area (Å²) in [5.41, 5.74) is 2.56. The summed E-state index contributed by atoms with van der Waals surface area (Å²) < 4.78 is 5.43. The van der Waals surface area contributed by atoms with Crippen molar-refractivity contribution in [2.75, 3.05) is 12.0 Å². The summed E-state index contributed by atoms with van der Waals surface area (Å²) in [6.07, 6.45) is 0.863. The van der Waals surface area contributed by atoms with E-state index in [1.165, 1.54) is 12.0 Å². The van der Waals surface area contributed by atoms with Crippen molar-refractivity contribution in [1.82, 2.24) is 0 Å². The van der Waals surface area contributed by atoms with Gasteiger partial charge in [-0.2, -0.15) is 0 Å². The molecular formula is C26H18ClNO4. The monoisotopic (exact) mass is 443 g/mol. The number of imide groups is 1. The molecule has 32 heavy (non-hydrogen) atoms. The van der Waals surface area contributed by atoms with Crippen molar-refractivity contribution in [3.8, 4) is 5.75 Å². The van der Waals surface area contributed by atoms with Crippen molar-refractivity contribution < 1.29 is 19.1 Å². The molecule has 2 bridgehead atoms. The number of benzene rings is 3. The number of aldehydes is 1. The fourth-order valence-corrected chi connectivity index (χ4v) is 6.27. The Hall–Kier alpha value is -3.44. The Balaban J connectivity index is 1.64. The average molecular weight is 444 g/mol. The molecule has 1 heterocycles. The molecule has 0 radical (unpaired) electrons. The third-order valence-corrected chi connectivity index (χ3v) is 7.49. The number of carbonyl (C=O) groups excluding carboxylic acids is 3. The highest BCUT2D eigenvalue weighted by Gasteiger charge is 2.68. The zero-order valence-electron chi connectivity index (χ0n) is 17.1. The predicted octanol–water partition coefficient (Wildman–Crippen LogP) is 4.10. The Morgan fingerprint density at radius 2 is 1.56 bits per heavy atom. The molecule has 0 unspecified atom stereocenters. The summed E-state index contributed by atoms with van der Waals surface area (Å²) >= 11 is 6.21. The van der Waals surface area contributed by atoms with E-state index in [0.29, 0.717) is 16.5 Å². The van der Waals surface area contributed by atoms with Gasteiger partial charge in [0.15, 0.2) is 0 Å². The van der Waals surface area contributed by atoms with E-state index in [4.69, 9.17) is 16.3 Å². The highest BCUT2D eigenvalue weighted by molar-refractivity contribution is 6.32. The number of ether oxygens (including phenoxy) is 1. The predicted molar refractivity (Wildman–Crippen MR) is 119 cm³/mol. The lowest BCUT2D eigenvalue weighted by molar-refractivity contribution is -0.128. The zero-order chi connectivity index (χ0) is 22.2. The normalized spacial score (nSPS) is 27.1. The number of halogens is 1. The van der Waals surface area contributed by atoms with Crippen LogP contribution in [-0.2, 0) is 19.8 Å². The molecule has 3 aliphatic carbocycles. The van der Waals surface area contributed by atoms with Crippen LogP contribution >= 0.6 is 11.6 Å². The molecule has 3 aromatic rings. The molecule has 2 amide bonds. The summed E-state index contributed by atoms with van der Waals surface area (Å²) in [6, 6.07) is 20.1. The van der Waals surface area contributed by atoms with Crippen molar-refractivity contribution in [3.63, 3.8) is 0 Å². The van der Waals surface area contributed by atoms with Gasteiger partial charge >= 0.3 is 0 Å². The summed E-state index contributed by atoms with van der Waals surface area (Å²) in [5, 5.41) is 0.385. The molecule has 0 saturated carbocycles. The van der Waals surface area contributed by atoms with Crippen LogP contribution in [0.25, 0.3) is 0 Å². The van der Waals surface area contributed by atoms with Gasteiger partial charge in [0.25, 0.3) is 0 Å². The van der Waals surface area contributed by atoms with Crippen LogP contribution in [0.15, 0.2) is 66.7 Å². The van der Waals surface area contributed by atoms with E-state index in [1.54, 1.807) is 18.2 Å². The third-order valence-electron chi connectivity index (χ3n) is 7.25. The van der Waals surface area contributed by atoms with E-state index in [-0.39, 0.29) is 11.8 Å². The Morgan fingerprint density at radius 1 is 0.938 bits per heavy atom. The SMILES string of the molecule is COc1ccc(Cl)cc1N1C(=O)[C@@H]2[C@@H](C1=O)C1c3ccccc3C2(C=O)c2ccccc21. The maximum atomic E-state index is 14.0. The third kappa shape index (κ3) is 2.12. The van der Waals surface area contributed by atoms with Crippen LogP contribution in [0.1, 0.15) is 28.2 Å². The fraction of sp³-hybridized carbons (Fsp3) is 0.192. The van der Waals surface area contributed by atoms with Gasteiger partial charge in [0, 0.05) is 10.9 Å². The molecular weight excluding hydrogens is 426 g/mol. The van der Waals surface area contributed by atoms with Crippen molar-refractivity contribution in [3.05, 3.63) is 94.0 Å². The second-order valence-corrected chi connectivity index (χ2v) is 8.91. The van der Waals surface area contributed by atoms with Crippen LogP contribution < -0.4 is 9.64 Å². The molecule has 6 heteroatoms. The van der Waals surface area contributed by atoms with Crippen LogP contribution in [-0.4, -0.2) is 25.2 Å². The molecule has 0 aromatic heterocycles. The lowest BCUT2D eigenvalue weighted by Gasteiger charge is -2.51. The average Bonchev–Trinajstić information content (AvgIpc) is 3.09. The number of anilines is 1. The Labute approximate surface area is 189 Å². The van der Waals surface area contributed by atoms with Gasteiger partial charge in [0.2, 0.25) is 11.8 Å². The number of carbonyl (C=O) groups is 3. The first-order chi connectivity index (χ1) is 15.5. The Bertz CT molecular complexity index is 1290. The first-order valence-electron chi connectivity index (χ1n) is 10.4. The molecule has 2 atom stereocenters. The van der Waals surface area contributed by atoms with Crippen LogP contribution in [0.4, 0.5) is 5.69 Å². The van der Waals surface area contributed by atoms with E-state index < -0.39 is 23.2 Å².